The molecule has 0 saturated carbocycles. The Balaban J connectivity index is 1.47. The molecule has 0 bridgehead atoms. The molecule has 7 heteroatoms. The molecule has 0 aliphatic carbocycles. The summed E-state index contributed by atoms with van der Waals surface area (Å²) in [5, 5.41) is 7.95. The molecule has 4 nitrogen and oxygen atoms in total. The van der Waals surface area contributed by atoms with Crippen LogP contribution in [0.25, 0.3) is 32.7 Å². The lowest BCUT2D eigenvalue weighted by Crippen LogP contribution is -2.29. The fraction of sp³-hybridized carbons (Fsp3) is 0.200. The molecule has 0 spiro atoms. The fourth-order valence-electron chi connectivity index (χ4n) is 6.20. The lowest BCUT2D eigenvalue weighted by atomic mass is 9.87. The van der Waals surface area contributed by atoms with E-state index in [2.05, 4.69) is 126 Å². The van der Waals surface area contributed by atoms with Gasteiger partial charge >= 0.3 is 7.82 Å². The van der Waals surface area contributed by atoms with Gasteiger partial charge in [0.25, 0.3) is 0 Å². The van der Waals surface area contributed by atoms with Crippen LogP contribution >= 0.6 is 7.82 Å². The third-order valence-electron chi connectivity index (χ3n) is 8.73. The Morgan fingerprint density at radius 3 is 1.28 bits per heavy atom. The van der Waals surface area contributed by atoms with E-state index in [9.17, 15) is 9.46 Å². The average molecular weight is 669 g/mol. The van der Waals surface area contributed by atoms with E-state index in [1.165, 1.54) is 11.1 Å². The molecule has 0 fully saturated rings. The third kappa shape index (κ3) is 6.23. The van der Waals surface area contributed by atoms with Crippen molar-refractivity contribution in [1.82, 2.24) is 0 Å². The predicted octanol–water partition coefficient (Wildman–Crippen LogP) is 7.44. The van der Waals surface area contributed by atoms with Crippen LogP contribution in [0.2, 0.25) is 0 Å². The highest BCUT2D eigenvalue weighted by Gasteiger charge is 2.37. The second-order valence-electron chi connectivity index (χ2n) is 14.3. The van der Waals surface area contributed by atoms with Gasteiger partial charge in [-0.2, -0.15) is 0 Å². The summed E-state index contributed by atoms with van der Waals surface area (Å²) < 4.78 is 26.1. The van der Waals surface area contributed by atoms with Crippen molar-refractivity contribution in [3.63, 3.8) is 0 Å². The third-order valence-corrected chi connectivity index (χ3v) is 12.1. The van der Waals surface area contributed by atoms with Gasteiger partial charge in [-0.3, -0.25) is 4.89 Å². The maximum Gasteiger partial charge on any atom is 0.584 e. The number of fused-ring (bicyclic) bond motifs is 7. The van der Waals surface area contributed by atoms with Gasteiger partial charge in [-0.1, -0.05) is 161 Å². The van der Waals surface area contributed by atoms with Gasteiger partial charge < -0.3 is 9.05 Å². The van der Waals surface area contributed by atoms with Gasteiger partial charge in [0.15, 0.2) is 0 Å². The molecule has 234 valence electrons. The monoisotopic (exact) mass is 668 g/mol. The Morgan fingerprint density at radius 2 is 0.915 bits per heavy atom. The number of phosphoric ester groups is 1. The fourth-order valence-corrected chi connectivity index (χ4v) is 9.57. The molecule has 1 N–H and O–H groups in total. The predicted molar refractivity (Wildman–Crippen MR) is 198 cm³/mol. The number of hydrogen-bond donors (Lipinski definition) is 1. The molecule has 0 unspecified atom stereocenters. The van der Waals surface area contributed by atoms with E-state index >= 15 is 0 Å². The Morgan fingerprint density at radius 1 is 0.553 bits per heavy atom. The van der Waals surface area contributed by atoms with Crippen molar-refractivity contribution >= 4 is 69.2 Å². The van der Waals surface area contributed by atoms with Crippen molar-refractivity contribution in [1.29, 1.82) is 0 Å². The molecule has 47 heavy (non-hydrogen) atoms. The van der Waals surface area contributed by atoms with Gasteiger partial charge in [0.05, 0.1) is 0 Å². The molecule has 0 atom stereocenters. The second-order valence-corrected chi connectivity index (χ2v) is 18.3. The molecule has 4 radical (unpaired) electrons. The van der Waals surface area contributed by atoms with E-state index in [4.69, 9.17) is 9.05 Å². The van der Waals surface area contributed by atoms with E-state index in [0.29, 0.717) is 11.5 Å². The average Bonchev–Trinajstić information content (AvgIpc) is 3.15. The lowest BCUT2D eigenvalue weighted by molar-refractivity contribution is 0.296. The summed E-state index contributed by atoms with van der Waals surface area (Å²) in [5.74, 6) is 0.818. The summed E-state index contributed by atoms with van der Waals surface area (Å²) in [6, 6.07) is 37.9. The number of hydrogen-bond acceptors (Lipinski definition) is 3. The Bertz CT molecular complexity index is 2040. The largest absolute Gasteiger partial charge is 0.584 e. The van der Waals surface area contributed by atoms with Crippen molar-refractivity contribution in [2.75, 3.05) is 0 Å². The SMILES string of the molecule is CC(C)(C)c1ccc([Si]c2cc3ccccc3c3c2OP(=O)(O)Oc2c([Si]c4ccc(C(C)(C)C)cc4)cc4ccccc4c2-3)cc1. The summed E-state index contributed by atoms with van der Waals surface area (Å²) >= 11 is 0. The molecule has 6 aromatic rings. The number of benzene rings is 6. The van der Waals surface area contributed by atoms with Crippen LogP contribution in [-0.2, 0) is 15.4 Å². The standard InChI is InChI=1S/C40H37O4PSi2/c1-39(2,3)27-15-19-29(20-16-27)46-33-23-25-11-7-9-13-31(25)35-36-32-14-10-8-12-26(32)24-34(38(36)44-45(41,42)43-37(33)35)47-30-21-17-28(18-22-30)40(4,5)6/h7-24H,1-6H3,(H,41,42). The van der Waals surface area contributed by atoms with Gasteiger partial charge in [0.1, 0.15) is 30.5 Å². The first-order chi connectivity index (χ1) is 22.3. The Hall–Kier alpha value is -3.94. The highest BCUT2D eigenvalue weighted by molar-refractivity contribution is 7.48. The van der Waals surface area contributed by atoms with Crippen LogP contribution in [0.1, 0.15) is 52.7 Å². The van der Waals surface area contributed by atoms with Crippen LogP contribution in [0.15, 0.2) is 109 Å². The molecule has 0 saturated heterocycles. The topological polar surface area (TPSA) is 55.8 Å². The van der Waals surface area contributed by atoms with Gasteiger partial charge in [-0.05, 0) is 53.9 Å². The zero-order valence-corrected chi connectivity index (χ0v) is 30.4. The summed E-state index contributed by atoms with van der Waals surface area (Å²) in [7, 11) is -4.16. The maximum atomic E-state index is 13.9. The highest BCUT2D eigenvalue weighted by Crippen LogP contribution is 2.55. The minimum Gasteiger partial charge on any atom is -0.395 e. The van der Waals surface area contributed by atoms with Crippen LogP contribution in [0, 0.1) is 0 Å². The van der Waals surface area contributed by atoms with Crippen molar-refractivity contribution in [2.24, 2.45) is 0 Å². The van der Waals surface area contributed by atoms with Crippen molar-refractivity contribution in [3.05, 3.63) is 120 Å². The van der Waals surface area contributed by atoms with Gasteiger partial charge in [0.2, 0.25) is 0 Å². The van der Waals surface area contributed by atoms with Crippen LogP contribution in [0.3, 0.4) is 0 Å². The zero-order chi connectivity index (χ0) is 33.1. The second kappa shape index (κ2) is 11.6. The van der Waals surface area contributed by atoms with E-state index in [1.807, 2.05) is 24.3 Å². The van der Waals surface area contributed by atoms with Crippen LogP contribution < -0.4 is 29.8 Å². The molecule has 1 aliphatic rings. The summed E-state index contributed by atoms with van der Waals surface area (Å²) in [4.78, 5) is 11.3. The zero-order valence-electron chi connectivity index (χ0n) is 27.5. The van der Waals surface area contributed by atoms with E-state index in [1.54, 1.807) is 0 Å². The van der Waals surface area contributed by atoms with E-state index in [-0.39, 0.29) is 29.9 Å². The molecular weight excluding hydrogens is 632 g/mol. The van der Waals surface area contributed by atoms with Crippen LogP contribution in [-0.4, -0.2) is 23.9 Å². The first-order valence-electron chi connectivity index (χ1n) is 15.9. The van der Waals surface area contributed by atoms with E-state index < -0.39 is 7.82 Å². The normalized spacial score (nSPS) is 14.2. The molecule has 7 rings (SSSR count). The molecule has 0 aromatic heterocycles. The van der Waals surface area contributed by atoms with Gasteiger partial charge in [0, 0.05) is 11.1 Å². The summed E-state index contributed by atoms with van der Waals surface area (Å²) in [6.45, 7) is 13.2. The number of phosphoric acid groups is 1. The smallest absolute Gasteiger partial charge is 0.395 e. The number of rotatable bonds is 4. The van der Waals surface area contributed by atoms with Crippen molar-refractivity contribution in [2.45, 2.75) is 52.4 Å². The van der Waals surface area contributed by atoms with Gasteiger partial charge in [-0.25, -0.2) is 4.57 Å². The quantitative estimate of drug-likeness (QED) is 0.157. The molecular formula is C40H37O4PSi2. The highest BCUT2D eigenvalue weighted by atomic mass is 31.2. The molecule has 0 amide bonds. The van der Waals surface area contributed by atoms with Gasteiger partial charge in [-0.15, -0.1) is 0 Å². The van der Waals surface area contributed by atoms with Crippen LogP contribution in [0.4, 0.5) is 0 Å². The van der Waals surface area contributed by atoms with E-state index in [0.717, 1.165) is 53.4 Å². The van der Waals surface area contributed by atoms with Crippen LogP contribution in [0.5, 0.6) is 11.5 Å². The van der Waals surface area contributed by atoms with Crippen molar-refractivity contribution in [3.8, 4) is 22.6 Å². The first kappa shape index (κ1) is 31.7. The molecule has 1 heterocycles. The maximum absolute atomic E-state index is 13.9. The summed E-state index contributed by atoms with van der Waals surface area (Å²) in [5.41, 5.74) is 4.20. The minimum atomic E-state index is -4.57. The molecule has 1 aliphatic heterocycles. The minimum absolute atomic E-state index is 0.0451. The Labute approximate surface area is 282 Å². The Kier molecular flexibility index (Phi) is 7.84. The summed E-state index contributed by atoms with van der Waals surface area (Å²) in [6.07, 6.45) is 0. The lowest BCUT2D eigenvalue weighted by Gasteiger charge is -2.20. The van der Waals surface area contributed by atoms with Crippen molar-refractivity contribution < 1.29 is 18.5 Å². The molecule has 6 aromatic carbocycles. The first-order valence-corrected chi connectivity index (χ1v) is 19.4.